The third-order valence-corrected chi connectivity index (χ3v) is 7.16. The number of fused-ring (bicyclic) bond motifs is 1. The molecule has 40 heavy (non-hydrogen) atoms. The van der Waals surface area contributed by atoms with Crippen molar-refractivity contribution in [1.29, 1.82) is 5.26 Å². The van der Waals surface area contributed by atoms with Gasteiger partial charge >= 0.3 is 0 Å². The minimum absolute atomic E-state index is 0.454. The van der Waals surface area contributed by atoms with Crippen molar-refractivity contribution < 1.29 is 4.74 Å². The molecule has 0 aliphatic carbocycles. The lowest BCUT2D eigenvalue weighted by Crippen LogP contribution is -2.38. The van der Waals surface area contributed by atoms with Crippen LogP contribution < -0.4 is 4.74 Å². The number of ether oxygens (including phenoxy) is 1. The summed E-state index contributed by atoms with van der Waals surface area (Å²) in [5, 5.41) is 16.0. The zero-order valence-corrected chi connectivity index (χ0v) is 22.0. The highest BCUT2D eigenvalue weighted by molar-refractivity contribution is 5.96. The van der Waals surface area contributed by atoms with Gasteiger partial charge in [-0.3, -0.25) is 4.98 Å². The normalized spacial score (nSPS) is 11.5. The lowest BCUT2D eigenvalue weighted by molar-refractivity contribution is 0.418. The van der Waals surface area contributed by atoms with Gasteiger partial charge in [-0.05, 0) is 46.5 Å². The minimum atomic E-state index is -0.818. The fourth-order valence-corrected chi connectivity index (χ4v) is 5.43. The first kappa shape index (κ1) is 24.8. The van der Waals surface area contributed by atoms with Crippen LogP contribution in [0.4, 0.5) is 0 Å². The quantitative estimate of drug-likeness (QED) is 0.208. The second-order valence-electron chi connectivity index (χ2n) is 9.38. The van der Waals surface area contributed by atoms with E-state index in [1.807, 2.05) is 48.6 Å². The highest BCUT2D eigenvalue weighted by atomic mass is 16.5. The van der Waals surface area contributed by atoms with Crippen LogP contribution in [0.15, 0.2) is 128 Å². The SMILES string of the molecule is COc1c(C#N)ccc2c1c(/C=C/c1cccnc1)nn2C(c1ccccc1)(c1ccccc1)c1ccccc1. The first-order valence-electron chi connectivity index (χ1n) is 13.0. The molecule has 6 aromatic rings. The van der Waals surface area contributed by atoms with Crippen LogP contribution in [0.1, 0.15) is 33.5 Å². The first-order chi connectivity index (χ1) is 19.8. The summed E-state index contributed by atoms with van der Waals surface area (Å²) in [6, 6.07) is 41.2. The molecule has 2 aromatic heterocycles. The van der Waals surface area contributed by atoms with Crippen LogP contribution in [-0.4, -0.2) is 21.9 Å². The summed E-state index contributed by atoms with van der Waals surface area (Å²) in [6.45, 7) is 0. The summed E-state index contributed by atoms with van der Waals surface area (Å²) in [4.78, 5) is 4.24. The van der Waals surface area contributed by atoms with Crippen LogP contribution in [0.5, 0.6) is 5.75 Å². The maximum Gasteiger partial charge on any atom is 0.148 e. The van der Waals surface area contributed by atoms with Crippen molar-refractivity contribution in [1.82, 2.24) is 14.8 Å². The predicted molar refractivity (Wildman–Crippen MR) is 159 cm³/mol. The van der Waals surface area contributed by atoms with Crippen molar-refractivity contribution in [2.24, 2.45) is 0 Å². The van der Waals surface area contributed by atoms with Gasteiger partial charge in [0.25, 0.3) is 0 Å². The summed E-state index contributed by atoms with van der Waals surface area (Å²) in [7, 11) is 1.60. The van der Waals surface area contributed by atoms with Crippen LogP contribution in [0.3, 0.4) is 0 Å². The summed E-state index contributed by atoms with van der Waals surface area (Å²) in [5.41, 5.74) is 5.30. The molecule has 0 aliphatic rings. The molecule has 0 fully saturated rings. The van der Waals surface area contributed by atoms with Crippen molar-refractivity contribution in [2.75, 3.05) is 7.11 Å². The van der Waals surface area contributed by atoms with E-state index in [1.54, 1.807) is 25.6 Å². The molecule has 0 bridgehead atoms. The molecule has 0 saturated heterocycles. The molecule has 2 heterocycles. The average molecular weight is 519 g/mol. The Morgan fingerprint density at radius 1 is 0.750 bits per heavy atom. The standard InChI is InChI=1S/C35H26N4O/c1-40-34-27(24-36)20-22-32-33(34)31(21-19-26-12-11-23-37-25-26)38-39(32)35(28-13-5-2-6-14-28,29-15-7-3-8-16-29)30-17-9-4-10-18-30/h2-23,25H,1H3/b21-19+. The summed E-state index contributed by atoms with van der Waals surface area (Å²) in [6.07, 6.45) is 7.49. The molecule has 4 aromatic carbocycles. The summed E-state index contributed by atoms with van der Waals surface area (Å²) < 4.78 is 7.94. The van der Waals surface area contributed by atoms with E-state index in [-0.39, 0.29) is 0 Å². The highest BCUT2D eigenvalue weighted by Crippen LogP contribution is 2.44. The number of aromatic nitrogens is 3. The number of methoxy groups -OCH3 is 1. The first-order valence-corrected chi connectivity index (χ1v) is 13.0. The average Bonchev–Trinajstić information content (AvgIpc) is 3.41. The second-order valence-corrected chi connectivity index (χ2v) is 9.38. The van der Waals surface area contributed by atoms with Crippen LogP contribution in [0.2, 0.25) is 0 Å². The van der Waals surface area contributed by atoms with E-state index in [2.05, 4.69) is 88.5 Å². The van der Waals surface area contributed by atoms with E-state index in [4.69, 9.17) is 9.84 Å². The molecule has 0 amide bonds. The van der Waals surface area contributed by atoms with Crippen LogP contribution in [-0.2, 0) is 5.54 Å². The third kappa shape index (κ3) is 4.13. The van der Waals surface area contributed by atoms with Gasteiger partial charge in [0.05, 0.1) is 29.3 Å². The van der Waals surface area contributed by atoms with Crippen molar-refractivity contribution in [3.05, 3.63) is 161 Å². The molecule has 0 radical (unpaired) electrons. The molecule has 0 spiro atoms. The second kappa shape index (κ2) is 10.7. The molecule has 0 aliphatic heterocycles. The predicted octanol–water partition coefficient (Wildman–Crippen LogP) is 7.32. The Labute approximate surface area is 233 Å². The van der Waals surface area contributed by atoms with Gasteiger partial charge in [0.2, 0.25) is 0 Å². The van der Waals surface area contributed by atoms with Crippen molar-refractivity contribution in [3.8, 4) is 11.8 Å². The Morgan fingerprint density at radius 3 is 1.85 bits per heavy atom. The molecule has 5 nitrogen and oxygen atoms in total. The van der Waals surface area contributed by atoms with Crippen molar-refractivity contribution in [2.45, 2.75) is 5.54 Å². The molecular formula is C35H26N4O. The van der Waals surface area contributed by atoms with Gasteiger partial charge in [-0.15, -0.1) is 0 Å². The minimum Gasteiger partial charge on any atom is -0.495 e. The van der Waals surface area contributed by atoms with Gasteiger partial charge < -0.3 is 4.74 Å². The van der Waals surface area contributed by atoms with Gasteiger partial charge in [0.15, 0.2) is 0 Å². The summed E-state index contributed by atoms with van der Waals surface area (Å²) >= 11 is 0. The lowest BCUT2D eigenvalue weighted by Gasteiger charge is -2.37. The highest BCUT2D eigenvalue weighted by Gasteiger charge is 2.41. The van der Waals surface area contributed by atoms with Crippen LogP contribution in [0, 0.1) is 11.3 Å². The fraction of sp³-hybridized carbons (Fsp3) is 0.0571. The Kier molecular flexibility index (Phi) is 6.66. The van der Waals surface area contributed by atoms with E-state index < -0.39 is 5.54 Å². The van der Waals surface area contributed by atoms with E-state index >= 15 is 0 Å². The molecule has 0 unspecified atom stereocenters. The van der Waals surface area contributed by atoms with Gasteiger partial charge in [0.1, 0.15) is 17.4 Å². The van der Waals surface area contributed by atoms with Crippen molar-refractivity contribution >= 4 is 23.1 Å². The molecule has 0 atom stereocenters. The van der Waals surface area contributed by atoms with Gasteiger partial charge in [-0.25, -0.2) is 4.68 Å². The van der Waals surface area contributed by atoms with E-state index in [0.29, 0.717) is 17.0 Å². The Hall–Kier alpha value is -5.47. The number of nitrogens with zero attached hydrogens (tertiary/aromatic N) is 4. The number of rotatable bonds is 7. The van der Waals surface area contributed by atoms with E-state index in [9.17, 15) is 5.26 Å². The maximum absolute atomic E-state index is 9.93. The largest absolute Gasteiger partial charge is 0.495 e. The van der Waals surface area contributed by atoms with Gasteiger partial charge in [-0.1, -0.05) is 103 Å². The molecule has 5 heteroatoms. The van der Waals surface area contributed by atoms with Crippen LogP contribution >= 0.6 is 0 Å². The third-order valence-electron chi connectivity index (χ3n) is 7.16. The van der Waals surface area contributed by atoms with Gasteiger partial charge in [-0.2, -0.15) is 10.4 Å². The number of hydrogen-bond acceptors (Lipinski definition) is 4. The van der Waals surface area contributed by atoms with Gasteiger partial charge in [0, 0.05) is 12.4 Å². The Morgan fingerprint density at radius 2 is 1.35 bits per heavy atom. The van der Waals surface area contributed by atoms with Crippen LogP contribution in [0.25, 0.3) is 23.1 Å². The summed E-state index contributed by atoms with van der Waals surface area (Å²) in [5.74, 6) is 0.500. The Balaban J connectivity index is 1.77. The zero-order chi connectivity index (χ0) is 27.4. The monoisotopic (exact) mass is 518 g/mol. The molecule has 6 rings (SSSR count). The molecule has 0 saturated carbocycles. The lowest BCUT2D eigenvalue weighted by atomic mass is 9.77. The zero-order valence-electron chi connectivity index (χ0n) is 22.0. The number of nitriles is 1. The van der Waals surface area contributed by atoms with Crippen molar-refractivity contribution in [3.63, 3.8) is 0 Å². The smallest absolute Gasteiger partial charge is 0.148 e. The fourth-order valence-electron chi connectivity index (χ4n) is 5.43. The number of pyridine rings is 1. The maximum atomic E-state index is 9.93. The molecule has 0 N–H and O–H groups in total. The molecule has 192 valence electrons. The Bertz CT molecular complexity index is 1720. The van der Waals surface area contributed by atoms with E-state index in [1.165, 1.54) is 0 Å². The number of hydrogen-bond donors (Lipinski definition) is 0. The number of benzene rings is 4. The topological polar surface area (TPSA) is 63.7 Å². The molecular weight excluding hydrogens is 492 g/mol. The van der Waals surface area contributed by atoms with E-state index in [0.717, 1.165) is 33.2 Å².